The van der Waals surface area contributed by atoms with E-state index in [1.165, 1.54) is 0 Å². The lowest BCUT2D eigenvalue weighted by molar-refractivity contribution is -0.121. The van der Waals surface area contributed by atoms with Gasteiger partial charge in [0.05, 0.1) is 0 Å². The van der Waals surface area contributed by atoms with Crippen LogP contribution in [-0.4, -0.2) is 19.0 Å². The van der Waals surface area contributed by atoms with E-state index in [4.69, 9.17) is 5.73 Å². The van der Waals surface area contributed by atoms with Crippen molar-refractivity contribution in [2.45, 2.75) is 46.5 Å². The number of nitrogens with two attached hydrogens (primary N) is 1. The Morgan fingerprint density at radius 3 is 2.50 bits per heavy atom. The van der Waals surface area contributed by atoms with Crippen LogP contribution in [0.1, 0.15) is 46.5 Å². The van der Waals surface area contributed by atoms with Crippen LogP contribution < -0.4 is 11.1 Å². The highest BCUT2D eigenvalue weighted by atomic mass is 16.1. The van der Waals surface area contributed by atoms with Crippen LogP contribution in [0.3, 0.4) is 0 Å². The number of carbonyl (C=O) groups is 1. The zero-order valence-electron chi connectivity index (χ0n) is 9.73. The lowest BCUT2D eigenvalue weighted by atomic mass is 9.90. The first kappa shape index (κ1) is 13.4. The van der Waals surface area contributed by atoms with Gasteiger partial charge in [0.2, 0.25) is 5.91 Å². The van der Waals surface area contributed by atoms with Crippen LogP contribution in [-0.2, 0) is 4.79 Å². The third kappa shape index (κ3) is 6.89. The van der Waals surface area contributed by atoms with Crippen LogP contribution in [0.4, 0.5) is 0 Å². The molecule has 0 aliphatic carbocycles. The predicted octanol–water partition coefficient (Wildman–Crippen LogP) is 1.67. The minimum absolute atomic E-state index is 0.153. The van der Waals surface area contributed by atoms with Crippen molar-refractivity contribution in [2.75, 3.05) is 13.1 Å². The molecule has 0 heterocycles. The predicted molar refractivity (Wildman–Crippen MR) is 60.0 cm³/mol. The summed E-state index contributed by atoms with van der Waals surface area (Å²) in [7, 11) is 0. The van der Waals surface area contributed by atoms with E-state index in [0.717, 1.165) is 25.8 Å². The van der Waals surface area contributed by atoms with Crippen molar-refractivity contribution in [1.29, 1.82) is 0 Å². The maximum Gasteiger partial charge on any atom is 0.220 e. The van der Waals surface area contributed by atoms with Crippen molar-refractivity contribution >= 4 is 5.91 Å². The van der Waals surface area contributed by atoms with E-state index >= 15 is 0 Å². The van der Waals surface area contributed by atoms with E-state index in [0.29, 0.717) is 13.0 Å². The number of unbranched alkanes of at least 4 members (excludes halogenated alkanes) is 1. The van der Waals surface area contributed by atoms with E-state index < -0.39 is 0 Å². The maximum atomic E-state index is 11.3. The van der Waals surface area contributed by atoms with Gasteiger partial charge in [0.25, 0.3) is 0 Å². The Kier molecular flexibility index (Phi) is 6.54. The topological polar surface area (TPSA) is 55.1 Å². The van der Waals surface area contributed by atoms with Gasteiger partial charge in [-0.25, -0.2) is 0 Å². The molecule has 0 aromatic carbocycles. The van der Waals surface area contributed by atoms with Gasteiger partial charge in [-0.15, -0.1) is 0 Å². The first-order valence-electron chi connectivity index (χ1n) is 5.48. The fraction of sp³-hybridized carbons (Fsp3) is 0.909. The summed E-state index contributed by atoms with van der Waals surface area (Å²) in [5, 5.41) is 2.95. The number of rotatable bonds is 7. The average Bonchev–Trinajstić information content (AvgIpc) is 2.16. The van der Waals surface area contributed by atoms with Gasteiger partial charge in [-0.1, -0.05) is 20.8 Å². The first-order chi connectivity index (χ1) is 6.52. The Bertz CT molecular complexity index is 167. The summed E-state index contributed by atoms with van der Waals surface area (Å²) >= 11 is 0. The fourth-order valence-electron chi connectivity index (χ4n) is 0.981. The van der Waals surface area contributed by atoms with Crippen LogP contribution in [0.15, 0.2) is 0 Å². The molecule has 0 atom stereocenters. The number of hydrogen-bond donors (Lipinski definition) is 2. The quantitative estimate of drug-likeness (QED) is 0.614. The van der Waals surface area contributed by atoms with Gasteiger partial charge in [-0.3, -0.25) is 4.79 Å². The van der Waals surface area contributed by atoms with E-state index in [1.807, 2.05) is 0 Å². The van der Waals surface area contributed by atoms with Crippen molar-refractivity contribution in [3.63, 3.8) is 0 Å². The summed E-state index contributed by atoms with van der Waals surface area (Å²) in [6, 6.07) is 0. The Morgan fingerprint density at radius 2 is 2.00 bits per heavy atom. The Morgan fingerprint density at radius 1 is 1.36 bits per heavy atom. The fourth-order valence-corrected chi connectivity index (χ4v) is 0.981. The summed E-state index contributed by atoms with van der Waals surface area (Å²) in [6.45, 7) is 7.90. The van der Waals surface area contributed by atoms with Gasteiger partial charge < -0.3 is 11.1 Å². The summed E-state index contributed by atoms with van der Waals surface area (Å²) in [5.41, 5.74) is 5.56. The van der Waals surface area contributed by atoms with E-state index in [-0.39, 0.29) is 11.3 Å². The van der Waals surface area contributed by atoms with Crippen LogP contribution >= 0.6 is 0 Å². The molecular formula is C11H24N2O. The summed E-state index contributed by atoms with van der Waals surface area (Å²) in [5.74, 6) is 0.153. The van der Waals surface area contributed by atoms with Crippen molar-refractivity contribution in [1.82, 2.24) is 5.32 Å². The third-order valence-corrected chi connectivity index (χ3v) is 2.58. The van der Waals surface area contributed by atoms with E-state index in [2.05, 4.69) is 26.1 Å². The van der Waals surface area contributed by atoms with E-state index in [1.54, 1.807) is 0 Å². The average molecular weight is 200 g/mol. The molecule has 0 fully saturated rings. The number of carbonyl (C=O) groups excluding carboxylic acids is 1. The molecule has 0 unspecified atom stereocenters. The second kappa shape index (κ2) is 6.82. The molecule has 3 heteroatoms. The zero-order valence-corrected chi connectivity index (χ0v) is 9.73. The lowest BCUT2D eigenvalue weighted by Crippen LogP contribution is -2.33. The van der Waals surface area contributed by atoms with Gasteiger partial charge in [0.1, 0.15) is 0 Å². The highest BCUT2D eigenvalue weighted by Crippen LogP contribution is 2.17. The van der Waals surface area contributed by atoms with Crippen LogP contribution in [0.5, 0.6) is 0 Å². The standard InChI is InChI=1S/C11H24N2O/c1-4-11(2,3)9-13-10(14)7-5-6-8-12/h4-9,12H2,1-3H3,(H,13,14). The SMILES string of the molecule is CCC(C)(C)CNC(=O)CCCCN. The van der Waals surface area contributed by atoms with Crippen molar-refractivity contribution < 1.29 is 4.79 Å². The van der Waals surface area contributed by atoms with Crippen molar-refractivity contribution in [2.24, 2.45) is 11.1 Å². The minimum atomic E-state index is 0.153. The first-order valence-corrected chi connectivity index (χ1v) is 5.48. The molecule has 0 aliphatic heterocycles. The van der Waals surface area contributed by atoms with Crippen LogP contribution in [0, 0.1) is 5.41 Å². The number of hydrogen-bond acceptors (Lipinski definition) is 2. The monoisotopic (exact) mass is 200 g/mol. The van der Waals surface area contributed by atoms with Crippen molar-refractivity contribution in [3.05, 3.63) is 0 Å². The Labute approximate surface area is 87.4 Å². The summed E-state index contributed by atoms with van der Waals surface area (Å²) < 4.78 is 0. The molecule has 0 saturated carbocycles. The molecule has 84 valence electrons. The summed E-state index contributed by atoms with van der Waals surface area (Å²) in [4.78, 5) is 11.3. The molecule has 0 spiro atoms. The molecular weight excluding hydrogens is 176 g/mol. The van der Waals surface area contributed by atoms with Gasteiger partial charge >= 0.3 is 0 Å². The highest BCUT2D eigenvalue weighted by Gasteiger charge is 2.15. The molecule has 14 heavy (non-hydrogen) atoms. The molecule has 3 N–H and O–H groups in total. The maximum absolute atomic E-state index is 11.3. The second-order valence-electron chi connectivity index (χ2n) is 4.54. The molecule has 3 nitrogen and oxygen atoms in total. The zero-order chi connectivity index (χ0) is 11.0. The number of nitrogens with one attached hydrogen (secondary N) is 1. The Hall–Kier alpha value is -0.570. The van der Waals surface area contributed by atoms with Gasteiger partial charge in [-0.05, 0) is 31.2 Å². The lowest BCUT2D eigenvalue weighted by Gasteiger charge is -2.22. The highest BCUT2D eigenvalue weighted by molar-refractivity contribution is 5.75. The van der Waals surface area contributed by atoms with Crippen LogP contribution in [0.25, 0.3) is 0 Å². The van der Waals surface area contributed by atoms with Crippen molar-refractivity contribution in [3.8, 4) is 0 Å². The van der Waals surface area contributed by atoms with Crippen LogP contribution in [0.2, 0.25) is 0 Å². The molecule has 0 radical (unpaired) electrons. The van der Waals surface area contributed by atoms with Gasteiger partial charge in [-0.2, -0.15) is 0 Å². The summed E-state index contributed by atoms with van der Waals surface area (Å²) in [6.07, 6.45) is 3.52. The molecule has 0 bridgehead atoms. The molecule has 1 amide bonds. The van der Waals surface area contributed by atoms with Gasteiger partial charge in [0, 0.05) is 13.0 Å². The Balaban J connectivity index is 3.53. The smallest absolute Gasteiger partial charge is 0.220 e. The molecule has 0 aliphatic rings. The minimum Gasteiger partial charge on any atom is -0.356 e. The molecule has 0 rings (SSSR count). The molecule has 0 saturated heterocycles. The van der Waals surface area contributed by atoms with Gasteiger partial charge in [0.15, 0.2) is 0 Å². The third-order valence-electron chi connectivity index (χ3n) is 2.58. The van der Waals surface area contributed by atoms with E-state index in [9.17, 15) is 4.79 Å². The largest absolute Gasteiger partial charge is 0.356 e. The number of amides is 1. The normalized spacial score (nSPS) is 11.4. The second-order valence-corrected chi connectivity index (χ2v) is 4.54. The molecule has 0 aromatic rings. The molecule has 0 aromatic heterocycles.